The first-order valence-corrected chi connectivity index (χ1v) is 10.2. The molecule has 27 heavy (non-hydrogen) atoms. The third-order valence-corrected chi connectivity index (χ3v) is 5.91. The van der Waals surface area contributed by atoms with Gasteiger partial charge in [0.25, 0.3) is 5.91 Å². The van der Waals surface area contributed by atoms with Crippen LogP contribution in [0.1, 0.15) is 50.0 Å². The van der Waals surface area contributed by atoms with Gasteiger partial charge < -0.3 is 15.4 Å². The molecule has 3 heterocycles. The summed E-state index contributed by atoms with van der Waals surface area (Å²) in [5.41, 5.74) is 1.52. The average Bonchev–Trinajstić information content (AvgIpc) is 3.22. The van der Waals surface area contributed by atoms with Crippen molar-refractivity contribution in [3.05, 3.63) is 35.3 Å². The molecular formula is C20H26ClN3O2S. The number of aromatic nitrogens is 1. The SMILES string of the molecule is CC(C)Oc1ccc(-c2nc(C(=O)NC3CC4CCC(C3)N4)cs2)cc1.Cl. The minimum atomic E-state index is -0.0569. The molecule has 2 aromatic rings. The number of rotatable bonds is 5. The van der Waals surface area contributed by atoms with Crippen molar-refractivity contribution in [2.75, 3.05) is 0 Å². The number of piperidine rings is 1. The largest absolute Gasteiger partial charge is 0.491 e. The summed E-state index contributed by atoms with van der Waals surface area (Å²) in [6, 6.07) is 9.26. The van der Waals surface area contributed by atoms with Crippen molar-refractivity contribution in [3.63, 3.8) is 0 Å². The number of benzene rings is 1. The molecule has 2 aliphatic rings. The Labute approximate surface area is 170 Å². The van der Waals surface area contributed by atoms with Crippen LogP contribution in [0.4, 0.5) is 0 Å². The fourth-order valence-corrected chi connectivity index (χ4v) is 4.70. The second-order valence-electron chi connectivity index (χ2n) is 7.51. The Kier molecular flexibility index (Phi) is 6.40. The molecule has 2 saturated heterocycles. The Morgan fingerprint density at radius 1 is 1.22 bits per heavy atom. The Bertz CT molecular complexity index is 766. The maximum Gasteiger partial charge on any atom is 0.270 e. The highest BCUT2D eigenvalue weighted by molar-refractivity contribution is 7.13. The number of carbonyl (C=O) groups is 1. The molecule has 5 nitrogen and oxygen atoms in total. The van der Waals surface area contributed by atoms with Gasteiger partial charge in [-0.3, -0.25) is 4.79 Å². The van der Waals surface area contributed by atoms with Crippen molar-refractivity contribution in [2.24, 2.45) is 0 Å². The first-order chi connectivity index (χ1) is 12.6. The zero-order valence-corrected chi connectivity index (χ0v) is 17.2. The second kappa shape index (κ2) is 8.59. The smallest absolute Gasteiger partial charge is 0.270 e. The summed E-state index contributed by atoms with van der Waals surface area (Å²) in [4.78, 5) is 17.1. The van der Waals surface area contributed by atoms with E-state index in [1.165, 1.54) is 24.2 Å². The Morgan fingerprint density at radius 3 is 2.52 bits per heavy atom. The molecule has 2 atom stereocenters. The van der Waals surface area contributed by atoms with E-state index >= 15 is 0 Å². The molecule has 2 fully saturated rings. The number of fused-ring (bicyclic) bond motifs is 2. The lowest BCUT2D eigenvalue weighted by Crippen LogP contribution is -2.48. The van der Waals surface area contributed by atoms with E-state index in [1.54, 1.807) is 0 Å². The van der Waals surface area contributed by atoms with Crippen LogP contribution < -0.4 is 15.4 Å². The number of nitrogens with zero attached hydrogens (tertiary/aromatic N) is 1. The van der Waals surface area contributed by atoms with Crippen LogP contribution in [-0.2, 0) is 0 Å². The van der Waals surface area contributed by atoms with E-state index in [0.717, 1.165) is 29.2 Å². The van der Waals surface area contributed by atoms with E-state index in [4.69, 9.17) is 4.74 Å². The normalized spacial score (nSPS) is 23.7. The molecule has 2 N–H and O–H groups in total. The fourth-order valence-electron chi connectivity index (χ4n) is 3.89. The highest BCUT2D eigenvalue weighted by atomic mass is 35.5. The highest BCUT2D eigenvalue weighted by Gasteiger charge is 2.34. The van der Waals surface area contributed by atoms with Gasteiger partial charge in [0.15, 0.2) is 0 Å². The van der Waals surface area contributed by atoms with Gasteiger partial charge in [0.05, 0.1) is 6.10 Å². The molecule has 1 aromatic carbocycles. The maximum atomic E-state index is 12.6. The number of thiazole rings is 1. The zero-order chi connectivity index (χ0) is 18.1. The molecular weight excluding hydrogens is 382 g/mol. The molecule has 2 aliphatic heterocycles. The van der Waals surface area contributed by atoms with E-state index in [1.807, 2.05) is 43.5 Å². The third-order valence-electron chi connectivity index (χ3n) is 5.02. The average molecular weight is 408 g/mol. The first-order valence-electron chi connectivity index (χ1n) is 9.36. The molecule has 1 amide bonds. The molecule has 4 rings (SSSR count). The van der Waals surface area contributed by atoms with Crippen molar-refractivity contribution >= 4 is 29.7 Å². The van der Waals surface area contributed by atoms with Crippen molar-refractivity contribution in [1.82, 2.24) is 15.6 Å². The van der Waals surface area contributed by atoms with Gasteiger partial charge in [-0.05, 0) is 63.8 Å². The molecule has 0 saturated carbocycles. The van der Waals surface area contributed by atoms with Crippen LogP contribution in [0.2, 0.25) is 0 Å². The van der Waals surface area contributed by atoms with Gasteiger partial charge in [0, 0.05) is 29.1 Å². The van der Waals surface area contributed by atoms with Crippen LogP contribution >= 0.6 is 23.7 Å². The summed E-state index contributed by atoms with van der Waals surface area (Å²) in [6.45, 7) is 4.01. The van der Waals surface area contributed by atoms with Crippen molar-refractivity contribution in [2.45, 2.75) is 63.8 Å². The van der Waals surface area contributed by atoms with Crippen LogP contribution in [0, 0.1) is 0 Å². The van der Waals surface area contributed by atoms with Gasteiger partial charge in [0.2, 0.25) is 0 Å². The standard InChI is InChI=1S/C20H25N3O2S.ClH/c1-12(2)25-17-7-3-13(4-8-17)20-23-18(11-26-20)19(24)22-16-9-14-5-6-15(10-16)21-14;/h3-4,7-8,11-12,14-16,21H,5-6,9-10H2,1-2H3,(H,22,24);1H. The number of hydrogen-bond donors (Lipinski definition) is 2. The van der Waals surface area contributed by atoms with Crippen molar-refractivity contribution in [3.8, 4) is 16.3 Å². The summed E-state index contributed by atoms with van der Waals surface area (Å²) < 4.78 is 5.67. The number of carbonyl (C=O) groups excluding carboxylic acids is 1. The lowest BCUT2D eigenvalue weighted by Gasteiger charge is -2.29. The van der Waals surface area contributed by atoms with Gasteiger partial charge in [-0.25, -0.2) is 4.98 Å². The monoisotopic (exact) mass is 407 g/mol. The number of halogens is 1. The summed E-state index contributed by atoms with van der Waals surface area (Å²) in [5.74, 6) is 0.789. The van der Waals surface area contributed by atoms with Gasteiger partial charge in [-0.2, -0.15) is 0 Å². The van der Waals surface area contributed by atoms with Gasteiger partial charge in [0.1, 0.15) is 16.5 Å². The topological polar surface area (TPSA) is 63.2 Å². The summed E-state index contributed by atoms with van der Waals surface area (Å²) in [7, 11) is 0. The van der Waals surface area contributed by atoms with Gasteiger partial charge in [-0.15, -0.1) is 23.7 Å². The van der Waals surface area contributed by atoms with Crippen molar-refractivity contribution < 1.29 is 9.53 Å². The molecule has 0 spiro atoms. The third kappa shape index (κ3) is 4.81. The molecule has 2 bridgehead atoms. The lowest BCUT2D eigenvalue weighted by molar-refractivity contribution is 0.0919. The highest BCUT2D eigenvalue weighted by Crippen LogP contribution is 2.28. The molecule has 7 heteroatoms. The maximum absolute atomic E-state index is 12.6. The molecule has 2 unspecified atom stereocenters. The van der Waals surface area contributed by atoms with Crippen LogP contribution in [0.5, 0.6) is 5.75 Å². The lowest BCUT2D eigenvalue weighted by atomic mass is 10.00. The molecule has 0 radical (unpaired) electrons. The first kappa shape index (κ1) is 20.1. The van der Waals surface area contributed by atoms with Crippen LogP contribution in [-0.4, -0.2) is 35.1 Å². The van der Waals surface area contributed by atoms with E-state index < -0.39 is 0 Å². The van der Waals surface area contributed by atoms with Crippen LogP contribution in [0.25, 0.3) is 10.6 Å². The molecule has 1 aromatic heterocycles. The van der Waals surface area contributed by atoms with Crippen LogP contribution in [0.3, 0.4) is 0 Å². The Hall–Kier alpha value is -1.63. The van der Waals surface area contributed by atoms with E-state index in [-0.39, 0.29) is 30.5 Å². The zero-order valence-electron chi connectivity index (χ0n) is 15.6. The molecule has 0 aliphatic carbocycles. The number of hydrogen-bond acceptors (Lipinski definition) is 5. The van der Waals surface area contributed by atoms with Crippen molar-refractivity contribution in [1.29, 1.82) is 0 Å². The number of ether oxygens (including phenoxy) is 1. The minimum Gasteiger partial charge on any atom is -0.491 e. The van der Waals surface area contributed by atoms with E-state index in [9.17, 15) is 4.79 Å². The second-order valence-corrected chi connectivity index (χ2v) is 8.37. The number of amides is 1. The minimum absolute atomic E-state index is 0. The van der Waals surface area contributed by atoms with E-state index in [2.05, 4.69) is 15.6 Å². The summed E-state index contributed by atoms with van der Waals surface area (Å²) in [5, 5.41) is 9.48. The Morgan fingerprint density at radius 2 is 1.89 bits per heavy atom. The van der Waals surface area contributed by atoms with Gasteiger partial charge in [-0.1, -0.05) is 0 Å². The predicted molar refractivity (Wildman–Crippen MR) is 111 cm³/mol. The predicted octanol–water partition coefficient (Wildman–Crippen LogP) is 4.03. The Balaban J connectivity index is 0.00000210. The quantitative estimate of drug-likeness (QED) is 0.785. The van der Waals surface area contributed by atoms with E-state index in [0.29, 0.717) is 17.8 Å². The van der Waals surface area contributed by atoms with Crippen LogP contribution in [0.15, 0.2) is 29.6 Å². The number of nitrogens with one attached hydrogen (secondary N) is 2. The summed E-state index contributed by atoms with van der Waals surface area (Å²) in [6.07, 6.45) is 4.66. The fraction of sp³-hybridized carbons (Fsp3) is 0.500. The molecule has 146 valence electrons. The van der Waals surface area contributed by atoms with Gasteiger partial charge >= 0.3 is 0 Å². The summed E-state index contributed by atoms with van der Waals surface area (Å²) >= 11 is 1.50.